The number of amides is 1. The van der Waals surface area contributed by atoms with Crippen LogP contribution in [0.1, 0.15) is 117 Å². The third kappa shape index (κ3) is 25.9. The summed E-state index contributed by atoms with van der Waals surface area (Å²) in [5.74, 6) is -0.226. The molecule has 0 aliphatic heterocycles. The van der Waals surface area contributed by atoms with Gasteiger partial charge >= 0.3 is 0 Å². The second-order valence-electron chi connectivity index (χ2n) is 11.8. The van der Waals surface area contributed by atoms with Crippen LogP contribution in [0.2, 0.25) is 0 Å². The molecule has 0 rings (SSSR count). The van der Waals surface area contributed by atoms with Crippen molar-refractivity contribution in [3.05, 3.63) is 24.3 Å². The minimum atomic E-state index is -4.57. The summed E-state index contributed by atoms with van der Waals surface area (Å²) < 4.78 is 22.8. The summed E-state index contributed by atoms with van der Waals surface area (Å²) in [5, 5.41) is 13.5. The summed E-state index contributed by atoms with van der Waals surface area (Å²) in [7, 11) is 1.23. The molecule has 9 heteroatoms. The van der Waals surface area contributed by atoms with Crippen LogP contribution in [0.15, 0.2) is 24.3 Å². The molecule has 0 aromatic carbocycles. The van der Waals surface area contributed by atoms with E-state index in [1.807, 2.05) is 27.2 Å². The second kappa shape index (κ2) is 24.6. The Bertz CT molecular complexity index is 723. The van der Waals surface area contributed by atoms with E-state index < -0.39 is 26.6 Å². The summed E-state index contributed by atoms with van der Waals surface area (Å²) in [5.41, 5.74) is 0. The zero-order valence-corrected chi connectivity index (χ0v) is 27.2. The number of likely N-dealkylation sites (N-methyl/N-ethyl adjacent to an activating group) is 1. The molecule has 40 heavy (non-hydrogen) atoms. The maximum Gasteiger partial charge on any atom is 0.268 e. The molecule has 0 spiro atoms. The number of phosphoric acid groups is 1. The Hall–Kier alpha value is -1.02. The molecule has 8 nitrogen and oxygen atoms in total. The fraction of sp³-hybridized carbons (Fsp3) is 0.839. The summed E-state index contributed by atoms with van der Waals surface area (Å²) in [6.07, 6.45) is 23.9. The van der Waals surface area contributed by atoms with Gasteiger partial charge in [-0.15, -0.1) is 0 Å². The molecule has 0 radical (unpaired) electrons. The number of rotatable bonds is 27. The fourth-order valence-corrected chi connectivity index (χ4v) is 4.81. The Balaban J connectivity index is 4.76. The Kier molecular flexibility index (Phi) is 23.9. The third-order valence-electron chi connectivity index (χ3n) is 6.72. The van der Waals surface area contributed by atoms with Gasteiger partial charge in [-0.05, 0) is 19.3 Å². The van der Waals surface area contributed by atoms with Gasteiger partial charge in [0.15, 0.2) is 0 Å². The molecule has 1 amide bonds. The van der Waals surface area contributed by atoms with Crippen molar-refractivity contribution in [2.75, 3.05) is 40.9 Å². The largest absolute Gasteiger partial charge is 0.756 e. The molecule has 0 saturated carbocycles. The lowest BCUT2D eigenvalue weighted by Gasteiger charge is -2.29. The van der Waals surface area contributed by atoms with E-state index in [0.29, 0.717) is 17.4 Å². The van der Waals surface area contributed by atoms with E-state index in [2.05, 4.69) is 25.2 Å². The Labute approximate surface area is 245 Å². The predicted molar refractivity (Wildman–Crippen MR) is 164 cm³/mol. The number of hydrogen-bond acceptors (Lipinski definition) is 6. The van der Waals surface area contributed by atoms with Gasteiger partial charge < -0.3 is 28.8 Å². The number of aliphatic hydroxyl groups excluding tert-OH is 1. The van der Waals surface area contributed by atoms with E-state index in [0.717, 1.165) is 32.1 Å². The summed E-state index contributed by atoms with van der Waals surface area (Å²) in [6.45, 7) is 4.49. The van der Waals surface area contributed by atoms with Crippen molar-refractivity contribution in [1.29, 1.82) is 0 Å². The number of allylic oxidation sites excluding steroid dienone is 3. The van der Waals surface area contributed by atoms with Gasteiger partial charge in [-0.3, -0.25) is 9.36 Å². The standard InChI is InChI=1S/C31H61N2O6P/c1-6-8-10-12-14-15-16-17-19-20-22-24-30(34)29(28-39-40(36,37)38-27-26-33(3,4)5)32-31(35)25-23-21-18-13-11-9-7-2/h19-20,22,24,29-30,34H,6-18,21,23,25-28H2,1-5H3,(H-,32,35,36,37)/b20-19+,24-22+/t29-,30+/m0/s1. The fourth-order valence-electron chi connectivity index (χ4n) is 4.09. The molecule has 2 N–H and O–H groups in total. The summed E-state index contributed by atoms with van der Waals surface area (Å²) in [4.78, 5) is 24.8. The molecule has 0 aromatic heterocycles. The first-order valence-electron chi connectivity index (χ1n) is 15.7. The first-order valence-corrected chi connectivity index (χ1v) is 17.2. The van der Waals surface area contributed by atoms with Crippen molar-refractivity contribution in [3.8, 4) is 0 Å². The Morgan fingerprint density at radius 1 is 0.875 bits per heavy atom. The lowest BCUT2D eigenvalue weighted by Crippen LogP contribution is -2.45. The molecule has 0 fully saturated rings. The first-order chi connectivity index (χ1) is 19.0. The highest BCUT2D eigenvalue weighted by molar-refractivity contribution is 7.45. The number of nitrogens with zero attached hydrogens (tertiary/aromatic N) is 1. The maximum absolute atomic E-state index is 12.6. The molecular formula is C31H61N2O6P. The average Bonchev–Trinajstić information content (AvgIpc) is 2.88. The molecule has 0 aromatic rings. The lowest BCUT2D eigenvalue weighted by molar-refractivity contribution is -0.870. The topological polar surface area (TPSA) is 108 Å². The highest BCUT2D eigenvalue weighted by Crippen LogP contribution is 2.38. The molecule has 236 valence electrons. The van der Waals surface area contributed by atoms with Crippen LogP contribution in [0, 0.1) is 0 Å². The quantitative estimate of drug-likeness (QED) is 0.0495. The number of hydrogen-bond donors (Lipinski definition) is 2. The van der Waals surface area contributed by atoms with Crippen LogP contribution in [0.3, 0.4) is 0 Å². The maximum atomic E-state index is 12.6. The average molecular weight is 589 g/mol. The van der Waals surface area contributed by atoms with Crippen molar-refractivity contribution >= 4 is 13.7 Å². The molecule has 0 aliphatic carbocycles. The lowest BCUT2D eigenvalue weighted by atomic mass is 10.1. The summed E-state index contributed by atoms with van der Waals surface area (Å²) >= 11 is 0. The van der Waals surface area contributed by atoms with Gasteiger partial charge in [0.2, 0.25) is 5.91 Å². The van der Waals surface area contributed by atoms with Crippen molar-refractivity contribution in [1.82, 2.24) is 5.32 Å². The molecule has 0 bridgehead atoms. The first kappa shape index (κ1) is 39.0. The number of carbonyl (C=O) groups excluding carboxylic acids is 1. The smallest absolute Gasteiger partial charge is 0.268 e. The molecule has 1 unspecified atom stereocenters. The molecule has 0 heterocycles. The SMILES string of the molecule is CCCCCCCCC/C=C/C=C/[C@@H](O)[C@H](COP(=O)([O-])OCC[N+](C)(C)C)NC(=O)CCCCCCCCC. The van der Waals surface area contributed by atoms with Gasteiger partial charge in [0, 0.05) is 6.42 Å². The van der Waals surface area contributed by atoms with Crippen LogP contribution < -0.4 is 10.2 Å². The van der Waals surface area contributed by atoms with Crippen molar-refractivity contribution in [2.24, 2.45) is 0 Å². The zero-order chi connectivity index (χ0) is 30.1. The van der Waals surface area contributed by atoms with E-state index in [1.165, 1.54) is 64.2 Å². The van der Waals surface area contributed by atoms with Gasteiger partial charge in [0.05, 0.1) is 39.9 Å². The van der Waals surface area contributed by atoms with Gasteiger partial charge in [0.1, 0.15) is 13.2 Å². The number of aliphatic hydroxyl groups is 1. The van der Waals surface area contributed by atoms with Crippen LogP contribution in [0.4, 0.5) is 0 Å². The van der Waals surface area contributed by atoms with E-state index in [1.54, 1.807) is 12.2 Å². The van der Waals surface area contributed by atoms with Crippen LogP contribution in [-0.2, 0) is 18.4 Å². The van der Waals surface area contributed by atoms with Crippen LogP contribution >= 0.6 is 7.82 Å². The van der Waals surface area contributed by atoms with Crippen molar-refractivity contribution in [3.63, 3.8) is 0 Å². The molecular weight excluding hydrogens is 527 g/mol. The molecule has 0 saturated heterocycles. The van der Waals surface area contributed by atoms with E-state index in [4.69, 9.17) is 9.05 Å². The van der Waals surface area contributed by atoms with Crippen molar-refractivity contribution in [2.45, 2.75) is 129 Å². The number of nitrogens with one attached hydrogen (secondary N) is 1. The third-order valence-corrected chi connectivity index (χ3v) is 7.68. The van der Waals surface area contributed by atoms with E-state index in [9.17, 15) is 19.4 Å². The number of phosphoric ester groups is 1. The Morgan fingerprint density at radius 3 is 2.00 bits per heavy atom. The monoisotopic (exact) mass is 588 g/mol. The predicted octanol–water partition coefficient (Wildman–Crippen LogP) is 6.43. The number of carbonyl (C=O) groups is 1. The Morgan fingerprint density at radius 2 is 1.43 bits per heavy atom. The van der Waals surface area contributed by atoms with Gasteiger partial charge in [-0.25, -0.2) is 0 Å². The van der Waals surface area contributed by atoms with Crippen LogP contribution in [-0.4, -0.2) is 68.5 Å². The van der Waals surface area contributed by atoms with E-state index in [-0.39, 0.29) is 12.5 Å². The van der Waals surface area contributed by atoms with Gasteiger partial charge in [-0.2, -0.15) is 0 Å². The molecule has 3 atom stereocenters. The van der Waals surface area contributed by atoms with Crippen molar-refractivity contribution < 1.29 is 32.9 Å². The van der Waals surface area contributed by atoms with E-state index >= 15 is 0 Å². The number of unbranched alkanes of at least 4 members (excludes halogenated alkanes) is 13. The van der Waals surface area contributed by atoms with Gasteiger partial charge in [-0.1, -0.05) is 115 Å². The second-order valence-corrected chi connectivity index (χ2v) is 13.3. The highest BCUT2D eigenvalue weighted by atomic mass is 31.2. The number of quaternary nitrogens is 1. The highest BCUT2D eigenvalue weighted by Gasteiger charge is 2.23. The minimum absolute atomic E-state index is 0.00838. The van der Waals surface area contributed by atoms with Crippen LogP contribution in [0.25, 0.3) is 0 Å². The zero-order valence-electron chi connectivity index (χ0n) is 26.3. The van der Waals surface area contributed by atoms with Crippen LogP contribution in [0.5, 0.6) is 0 Å². The van der Waals surface area contributed by atoms with Gasteiger partial charge in [0.25, 0.3) is 7.82 Å². The normalized spacial score (nSPS) is 15.5. The summed E-state index contributed by atoms with van der Waals surface area (Å²) in [6, 6.07) is -0.908. The minimum Gasteiger partial charge on any atom is -0.756 e. The molecule has 0 aliphatic rings.